The molecule has 0 bridgehead atoms. The van der Waals surface area contributed by atoms with E-state index in [4.69, 9.17) is 5.73 Å². The van der Waals surface area contributed by atoms with Gasteiger partial charge in [0, 0.05) is 10.0 Å². The van der Waals surface area contributed by atoms with Gasteiger partial charge < -0.3 is 5.73 Å². The Morgan fingerprint density at radius 1 is 1.33 bits per heavy atom. The number of aryl methyl sites for hydroxylation is 1. The zero-order valence-electron chi connectivity index (χ0n) is 8.00. The molecule has 0 aromatic heterocycles. The van der Waals surface area contributed by atoms with E-state index in [0.29, 0.717) is 5.56 Å². The number of halogens is 1. The van der Waals surface area contributed by atoms with Crippen LogP contribution < -0.4 is 16.6 Å². The molecule has 0 aliphatic rings. The Balaban J connectivity index is 2.81. The molecule has 0 saturated heterocycles. The quantitative estimate of drug-likeness (QED) is 0.668. The van der Waals surface area contributed by atoms with Crippen molar-refractivity contribution in [3.63, 3.8) is 0 Å². The molecule has 4 N–H and O–H groups in total. The van der Waals surface area contributed by atoms with E-state index in [1.807, 2.05) is 11.5 Å². The number of rotatable bonds is 1. The lowest BCUT2D eigenvalue weighted by Crippen LogP contribution is -2.44. The molecule has 0 heterocycles. The molecule has 6 heteroatoms. The van der Waals surface area contributed by atoms with Gasteiger partial charge in [0.1, 0.15) is 0 Å². The molecule has 0 fully saturated rings. The van der Waals surface area contributed by atoms with Crippen LogP contribution in [0.5, 0.6) is 0 Å². The molecule has 0 atom stereocenters. The molecule has 1 aromatic carbocycles. The average molecular weight is 272 g/mol. The van der Waals surface area contributed by atoms with E-state index < -0.39 is 11.9 Å². The van der Waals surface area contributed by atoms with Crippen molar-refractivity contribution in [2.75, 3.05) is 0 Å². The molecule has 1 aromatic rings. The van der Waals surface area contributed by atoms with Gasteiger partial charge in [-0.15, -0.1) is 0 Å². The third-order valence-corrected chi connectivity index (χ3v) is 2.24. The van der Waals surface area contributed by atoms with E-state index in [0.717, 1.165) is 10.0 Å². The van der Waals surface area contributed by atoms with Crippen LogP contribution in [0.25, 0.3) is 0 Å². The van der Waals surface area contributed by atoms with E-state index >= 15 is 0 Å². The Morgan fingerprint density at radius 2 is 2.00 bits per heavy atom. The number of primary amides is 1. The van der Waals surface area contributed by atoms with Crippen molar-refractivity contribution in [2.45, 2.75) is 6.92 Å². The second-order valence-electron chi connectivity index (χ2n) is 2.90. The van der Waals surface area contributed by atoms with E-state index in [2.05, 4.69) is 21.4 Å². The van der Waals surface area contributed by atoms with Gasteiger partial charge in [0.15, 0.2) is 0 Å². The average Bonchev–Trinajstić information content (AvgIpc) is 2.18. The number of hydrazine groups is 1. The predicted octanol–water partition coefficient (Wildman–Crippen LogP) is 1.07. The summed E-state index contributed by atoms with van der Waals surface area (Å²) in [6.07, 6.45) is 0. The summed E-state index contributed by atoms with van der Waals surface area (Å²) in [5, 5.41) is 0. The van der Waals surface area contributed by atoms with Crippen molar-refractivity contribution in [1.29, 1.82) is 0 Å². The molecule has 0 radical (unpaired) electrons. The highest BCUT2D eigenvalue weighted by atomic mass is 79.9. The van der Waals surface area contributed by atoms with Gasteiger partial charge in [0.25, 0.3) is 5.91 Å². The topological polar surface area (TPSA) is 84.2 Å². The van der Waals surface area contributed by atoms with Crippen molar-refractivity contribution in [2.24, 2.45) is 5.73 Å². The van der Waals surface area contributed by atoms with Crippen molar-refractivity contribution in [1.82, 2.24) is 10.9 Å². The lowest BCUT2D eigenvalue weighted by molar-refractivity contribution is 0.0936. The minimum absolute atomic E-state index is 0.410. The Morgan fingerprint density at radius 3 is 2.60 bits per heavy atom. The summed E-state index contributed by atoms with van der Waals surface area (Å²) in [6.45, 7) is 1.80. The fourth-order valence-corrected chi connectivity index (χ4v) is 1.39. The van der Waals surface area contributed by atoms with Gasteiger partial charge in [0.2, 0.25) is 0 Å². The molecule has 0 spiro atoms. The summed E-state index contributed by atoms with van der Waals surface area (Å²) in [6, 6.07) is 4.47. The zero-order chi connectivity index (χ0) is 11.4. The maximum absolute atomic E-state index is 11.5. The van der Waals surface area contributed by atoms with Crippen LogP contribution in [0.1, 0.15) is 15.9 Å². The van der Waals surface area contributed by atoms with Crippen LogP contribution in [0.3, 0.4) is 0 Å². The summed E-state index contributed by atoms with van der Waals surface area (Å²) in [7, 11) is 0. The highest BCUT2D eigenvalue weighted by Gasteiger charge is 2.09. The molecule has 0 saturated carbocycles. The number of carbonyl (C=O) groups excluding carboxylic acids is 2. The lowest BCUT2D eigenvalue weighted by Gasteiger charge is -2.07. The third kappa shape index (κ3) is 3.25. The molecule has 0 aliphatic heterocycles. The summed E-state index contributed by atoms with van der Waals surface area (Å²) in [5.41, 5.74) is 10.3. The van der Waals surface area contributed by atoms with E-state index in [1.54, 1.807) is 19.1 Å². The molecule has 15 heavy (non-hydrogen) atoms. The monoisotopic (exact) mass is 271 g/mol. The number of benzene rings is 1. The van der Waals surface area contributed by atoms with Gasteiger partial charge in [-0.3, -0.25) is 10.2 Å². The SMILES string of the molecule is Cc1ccc(Br)cc1C(=O)NNC(N)=O. The Bertz CT molecular complexity index is 406. The molecular formula is C9H10BrN3O2. The van der Waals surface area contributed by atoms with Crippen molar-refractivity contribution in [3.05, 3.63) is 33.8 Å². The zero-order valence-corrected chi connectivity index (χ0v) is 9.59. The first-order valence-corrected chi connectivity index (χ1v) is 4.92. The number of urea groups is 1. The molecule has 5 nitrogen and oxygen atoms in total. The van der Waals surface area contributed by atoms with Gasteiger partial charge in [-0.05, 0) is 24.6 Å². The Labute approximate surface area is 95.1 Å². The van der Waals surface area contributed by atoms with Gasteiger partial charge in [0.05, 0.1) is 0 Å². The number of amides is 3. The molecule has 0 aliphatic carbocycles. The van der Waals surface area contributed by atoms with Crippen LogP contribution in [0, 0.1) is 6.92 Å². The first kappa shape index (κ1) is 11.5. The van der Waals surface area contributed by atoms with E-state index in [1.165, 1.54) is 0 Å². The smallest absolute Gasteiger partial charge is 0.330 e. The largest absolute Gasteiger partial charge is 0.350 e. The summed E-state index contributed by atoms with van der Waals surface area (Å²) < 4.78 is 0.789. The van der Waals surface area contributed by atoms with Crippen LogP contribution in [0.2, 0.25) is 0 Å². The fraction of sp³-hybridized carbons (Fsp3) is 0.111. The molecular weight excluding hydrogens is 262 g/mol. The van der Waals surface area contributed by atoms with Crippen LogP contribution >= 0.6 is 15.9 Å². The van der Waals surface area contributed by atoms with Crippen LogP contribution in [0.4, 0.5) is 4.79 Å². The van der Waals surface area contributed by atoms with Gasteiger partial charge in [-0.2, -0.15) is 0 Å². The van der Waals surface area contributed by atoms with Gasteiger partial charge in [-0.1, -0.05) is 22.0 Å². The second kappa shape index (κ2) is 4.79. The van der Waals surface area contributed by atoms with E-state index in [9.17, 15) is 9.59 Å². The van der Waals surface area contributed by atoms with E-state index in [-0.39, 0.29) is 0 Å². The predicted molar refractivity (Wildman–Crippen MR) is 59.1 cm³/mol. The minimum Gasteiger partial charge on any atom is -0.350 e. The second-order valence-corrected chi connectivity index (χ2v) is 3.82. The lowest BCUT2D eigenvalue weighted by atomic mass is 10.1. The standard InChI is InChI=1S/C9H10BrN3O2/c1-5-2-3-6(10)4-7(5)8(14)12-13-9(11)15/h2-4H,1H3,(H,12,14)(H3,11,13,15). The summed E-state index contributed by atoms with van der Waals surface area (Å²) in [5.74, 6) is -0.410. The van der Waals surface area contributed by atoms with Gasteiger partial charge >= 0.3 is 6.03 Å². The summed E-state index contributed by atoms with van der Waals surface area (Å²) in [4.78, 5) is 21.9. The normalized spacial score (nSPS) is 9.47. The maximum Gasteiger partial charge on any atom is 0.330 e. The fourth-order valence-electron chi connectivity index (χ4n) is 1.02. The Kier molecular flexibility index (Phi) is 3.68. The molecule has 80 valence electrons. The van der Waals surface area contributed by atoms with Crippen molar-refractivity contribution >= 4 is 27.9 Å². The van der Waals surface area contributed by atoms with Crippen molar-refractivity contribution in [3.8, 4) is 0 Å². The number of hydrogen-bond acceptors (Lipinski definition) is 2. The van der Waals surface area contributed by atoms with Crippen LogP contribution in [-0.4, -0.2) is 11.9 Å². The maximum atomic E-state index is 11.5. The van der Waals surface area contributed by atoms with Crippen LogP contribution in [0.15, 0.2) is 22.7 Å². The first-order chi connectivity index (χ1) is 7.00. The number of nitrogens with two attached hydrogens (primary N) is 1. The minimum atomic E-state index is -0.809. The molecule has 1 rings (SSSR count). The number of nitrogens with one attached hydrogen (secondary N) is 2. The summed E-state index contributed by atoms with van der Waals surface area (Å²) >= 11 is 3.25. The highest BCUT2D eigenvalue weighted by Crippen LogP contribution is 2.15. The Hall–Kier alpha value is -1.56. The molecule has 0 unspecified atom stereocenters. The highest BCUT2D eigenvalue weighted by molar-refractivity contribution is 9.10. The van der Waals surface area contributed by atoms with Crippen molar-refractivity contribution < 1.29 is 9.59 Å². The van der Waals surface area contributed by atoms with Gasteiger partial charge in [-0.25, -0.2) is 10.2 Å². The third-order valence-electron chi connectivity index (χ3n) is 1.74. The number of carbonyl (C=O) groups is 2. The first-order valence-electron chi connectivity index (χ1n) is 4.12. The van der Waals surface area contributed by atoms with Crippen LogP contribution in [-0.2, 0) is 0 Å². The molecule has 3 amide bonds. The number of hydrogen-bond donors (Lipinski definition) is 3.